The van der Waals surface area contributed by atoms with Crippen LogP contribution < -0.4 is 0 Å². The predicted molar refractivity (Wildman–Crippen MR) is 133 cm³/mol. The number of benzene rings is 1. The Bertz CT molecular complexity index is 714. The van der Waals surface area contributed by atoms with Gasteiger partial charge in [-0.1, -0.05) is 70.9 Å². The number of thioether (sulfide) groups is 1. The standard InChI is InChI=1S/C27H41NO3S/c1-3-5-7-9-12-21-15-17-22(18-16-21)25(29)28-24(27(30)31-19-6-4-2)20-32-26(28)23-13-10-8-11-14-23/h15-18,23-24,26H,3-14,19-20H2,1-2H3/t24-,26-/m0/s1. The molecule has 1 saturated heterocycles. The van der Waals surface area contributed by atoms with Crippen molar-refractivity contribution in [2.75, 3.05) is 12.4 Å². The Hall–Kier alpha value is -1.49. The van der Waals surface area contributed by atoms with Crippen molar-refractivity contribution in [1.29, 1.82) is 0 Å². The summed E-state index contributed by atoms with van der Waals surface area (Å²) in [5, 5.41) is 0.0836. The van der Waals surface area contributed by atoms with E-state index in [9.17, 15) is 9.59 Å². The fraction of sp³-hybridized carbons (Fsp3) is 0.704. The fourth-order valence-corrected chi connectivity index (χ4v) is 6.50. The Morgan fingerprint density at radius 1 is 0.969 bits per heavy atom. The number of esters is 1. The van der Waals surface area contributed by atoms with Crippen LogP contribution in [0.4, 0.5) is 0 Å². The molecule has 0 radical (unpaired) electrons. The van der Waals surface area contributed by atoms with Crippen molar-refractivity contribution in [3.63, 3.8) is 0 Å². The molecular weight excluding hydrogens is 418 g/mol. The van der Waals surface area contributed by atoms with Gasteiger partial charge < -0.3 is 9.64 Å². The van der Waals surface area contributed by atoms with E-state index in [2.05, 4.69) is 26.0 Å². The molecule has 32 heavy (non-hydrogen) atoms. The number of nitrogens with zero attached hydrogens (tertiary/aromatic N) is 1. The zero-order valence-corrected chi connectivity index (χ0v) is 20.8. The summed E-state index contributed by atoms with van der Waals surface area (Å²) in [6.07, 6.45) is 13.9. The summed E-state index contributed by atoms with van der Waals surface area (Å²) in [4.78, 5) is 28.4. The van der Waals surface area contributed by atoms with E-state index in [-0.39, 0.29) is 17.3 Å². The molecule has 1 saturated carbocycles. The molecule has 1 aromatic carbocycles. The lowest BCUT2D eigenvalue weighted by molar-refractivity contribution is -0.148. The lowest BCUT2D eigenvalue weighted by Gasteiger charge is -2.35. The molecule has 0 N–H and O–H groups in total. The minimum Gasteiger partial charge on any atom is -0.464 e. The van der Waals surface area contributed by atoms with E-state index < -0.39 is 6.04 Å². The number of ether oxygens (including phenoxy) is 1. The molecule has 0 unspecified atom stereocenters. The van der Waals surface area contributed by atoms with E-state index in [0.717, 1.165) is 32.1 Å². The lowest BCUT2D eigenvalue weighted by Crippen LogP contribution is -2.48. The van der Waals surface area contributed by atoms with Crippen molar-refractivity contribution in [3.8, 4) is 0 Å². The summed E-state index contributed by atoms with van der Waals surface area (Å²) in [6.45, 7) is 4.76. The maximum Gasteiger partial charge on any atom is 0.329 e. The third-order valence-corrected chi connectivity index (χ3v) is 8.32. The highest BCUT2D eigenvalue weighted by Gasteiger charge is 2.45. The minimum atomic E-state index is -0.468. The van der Waals surface area contributed by atoms with Crippen molar-refractivity contribution in [1.82, 2.24) is 4.90 Å². The Labute approximate surface area is 198 Å². The highest BCUT2D eigenvalue weighted by molar-refractivity contribution is 8.00. The quantitative estimate of drug-likeness (QED) is 0.276. The topological polar surface area (TPSA) is 46.6 Å². The zero-order chi connectivity index (χ0) is 22.8. The smallest absolute Gasteiger partial charge is 0.329 e. The van der Waals surface area contributed by atoms with Gasteiger partial charge in [0.25, 0.3) is 5.91 Å². The van der Waals surface area contributed by atoms with Crippen LogP contribution in [0.25, 0.3) is 0 Å². The second-order valence-electron chi connectivity index (χ2n) is 9.38. The Kier molecular flexibility index (Phi) is 10.4. The van der Waals surface area contributed by atoms with Crippen LogP contribution in [0.1, 0.15) is 100 Å². The van der Waals surface area contributed by atoms with Crippen LogP contribution in [-0.2, 0) is 16.0 Å². The summed E-state index contributed by atoms with van der Waals surface area (Å²) in [6, 6.07) is 7.62. The lowest BCUT2D eigenvalue weighted by atomic mass is 9.88. The number of rotatable bonds is 11. The molecule has 0 spiro atoms. The van der Waals surface area contributed by atoms with Crippen LogP contribution in [0.5, 0.6) is 0 Å². The summed E-state index contributed by atoms with van der Waals surface area (Å²) in [7, 11) is 0. The predicted octanol–water partition coefficient (Wildman–Crippen LogP) is 6.62. The van der Waals surface area contributed by atoms with E-state index in [1.54, 1.807) is 11.8 Å². The second kappa shape index (κ2) is 13.3. The largest absolute Gasteiger partial charge is 0.464 e. The second-order valence-corrected chi connectivity index (χ2v) is 10.5. The van der Waals surface area contributed by atoms with E-state index >= 15 is 0 Å². The molecule has 2 fully saturated rings. The monoisotopic (exact) mass is 459 g/mol. The fourth-order valence-electron chi connectivity index (χ4n) is 4.88. The number of hydrogen-bond donors (Lipinski definition) is 0. The van der Waals surface area contributed by atoms with Gasteiger partial charge in [0.1, 0.15) is 6.04 Å². The maximum atomic E-state index is 13.7. The van der Waals surface area contributed by atoms with Crippen LogP contribution in [0, 0.1) is 5.92 Å². The molecule has 2 atom stereocenters. The van der Waals surface area contributed by atoms with Gasteiger partial charge >= 0.3 is 5.97 Å². The highest BCUT2D eigenvalue weighted by atomic mass is 32.2. The van der Waals surface area contributed by atoms with E-state index in [4.69, 9.17) is 4.74 Å². The summed E-state index contributed by atoms with van der Waals surface area (Å²) >= 11 is 1.78. The SMILES string of the molecule is CCCCCCc1ccc(C(=O)N2[C@H](C(=O)OCCCC)CS[C@H]2C2CCCCC2)cc1. The molecule has 1 amide bonds. The van der Waals surface area contributed by atoms with Crippen LogP contribution in [0.15, 0.2) is 24.3 Å². The average molecular weight is 460 g/mol. The van der Waals surface area contributed by atoms with Gasteiger partial charge in [0.2, 0.25) is 0 Å². The molecule has 178 valence electrons. The average Bonchev–Trinajstić information content (AvgIpc) is 3.28. The summed E-state index contributed by atoms with van der Waals surface area (Å²) in [5.41, 5.74) is 1.98. The van der Waals surface area contributed by atoms with Crippen LogP contribution in [-0.4, -0.2) is 40.6 Å². The maximum absolute atomic E-state index is 13.7. The van der Waals surface area contributed by atoms with Gasteiger partial charge in [0.15, 0.2) is 0 Å². The van der Waals surface area contributed by atoms with Crippen LogP contribution >= 0.6 is 11.8 Å². The minimum absolute atomic E-state index is 0.0134. The first kappa shape index (κ1) is 25.1. The number of aryl methyl sites for hydroxylation is 1. The van der Waals surface area contributed by atoms with Gasteiger partial charge in [-0.05, 0) is 55.7 Å². The molecule has 0 bridgehead atoms. The molecule has 0 aromatic heterocycles. The number of amides is 1. The van der Waals surface area contributed by atoms with E-state index in [1.807, 2.05) is 17.0 Å². The van der Waals surface area contributed by atoms with Crippen molar-refractivity contribution >= 4 is 23.6 Å². The van der Waals surface area contributed by atoms with Crippen LogP contribution in [0.2, 0.25) is 0 Å². The summed E-state index contributed by atoms with van der Waals surface area (Å²) < 4.78 is 5.56. The number of unbranched alkanes of at least 4 members (excludes halogenated alkanes) is 4. The third kappa shape index (κ3) is 6.76. The first-order chi connectivity index (χ1) is 15.7. The molecule has 1 aromatic rings. The summed E-state index contributed by atoms with van der Waals surface area (Å²) in [5.74, 6) is 0.877. The van der Waals surface area contributed by atoms with E-state index in [1.165, 1.54) is 50.5 Å². The van der Waals surface area contributed by atoms with Gasteiger partial charge in [0.05, 0.1) is 12.0 Å². The molecule has 4 nitrogen and oxygen atoms in total. The molecule has 1 aliphatic carbocycles. The van der Waals surface area contributed by atoms with Gasteiger partial charge in [0, 0.05) is 11.3 Å². The highest BCUT2D eigenvalue weighted by Crippen LogP contribution is 2.41. The van der Waals surface area contributed by atoms with Crippen molar-refractivity contribution in [2.24, 2.45) is 5.92 Å². The molecule has 1 aliphatic heterocycles. The Morgan fingerprint density at radius 3 is 2.38 bits per heavy atom. The third-order valence-electron chi connectivity index (χ3n) is 6.86. The van der Waals surface area contributed by atoms with E-state index in [0.29, 0.717) is 23.8 Å². The normalized spacial score (nSPS) is 21.6. The van der Waals surface area contributed by atoms with Crippen molar-refractivity contribution < 1.29 is 14.3 Å². The van der Waals surface area contributed by atoms with Gasteiger partial charge in [-0.15, -0.1) is 11.8 Å². The first-order valence-electron chi connectivity index (χ1n) is 12.9. The van der Waals surface area contributed by atoms with Crippen LogP contribution in [0.3, 0.4) is 0 Å². The molecule has 3 rings (SSSR count). The van der Waals surface area contributed by atoms with Crippen molar-refractivity contribution in [3.05, 3.63) is 35.4 Å². The molecular formula is C27H41NO3S. The zero-order valence-electron chi connectivity index (χ0n) is 20.0. The Morgan fingerprint density at radius 2 is 1.69 bits per heavy atom. The van der Waals surface area contributed by atoms with Gasteiger partial charge in [-0.3, -0.25) is 4.79 Å². The van der Waals surface area contributed by atoms with Gasteiger partial charge in [-0.2, -0.15) is 0 Å². The van der Waals surface area contributed by atoms with Gasteiger partial charge in [-0.25, -0.2) is 4.79 Å². The first-order valence-corrected chi connectivity index (χ1v) is 13.9. The molecule has 2 aliphatic rings. The Balaban J connectivity index is 1.71. The molecule has 5 heteroatoms. The van der Waals surface area contributed by atoms with Crippen molar-refractivity contribution in [2.45, 2.75) is 102 Å². The molecule has 1 heterocycles. The number of hydrogen-bond acceptors (Lipinski definition) is 4. The number of carbonyl (C=O) groups is 2. The number of carbonyl (C=O) groups excluding carboxylic acids is 2.